The Morgan fingerprint density at radius 1 is 0.630 bits per heavy atom. The summed E-state index contributed by atoms with van der Waals surface area (Å²) in [5.41, 5.74) is 1.46. The highest BCUT2D eigenvalue weighted by Crippen LogP contribution is 2.47. The average Bonchev–Trinajstić information content (AvgIpc) is 3.76. The van der Waals surface area contributed by atoms with Crippen LogP contribution in [-0.4, -0.2) is 53.6 Å². The van der Waals surface area contributed by atoms with Gasteiger partial charge in [0.1, 0.15) is 18.1 Å². The van der Waals surface area contributed by atoms with Crippen molar-refractivity contribution >= 4 is 29.4 Å². The summed E-state index contributed by atoms with van der Waals surface area (Å²) in [4.78, 5) is 66.5. The average molecular weight is 633 g/mol. The van der Waals surface area contributed by atoms with Crippen LogP contribution < -0.4 is 21.3 Å². The maximum atomic E-state index is 13.9. The summed E-state index contributed by atoms with van der Waals surface area (Å²) < 4.78 is 0. The van der Waals surface area contributed by atoms with Gasteiger partial charge in [-0.25, -0.2) is 0 Å². The molecule has 1 fully saturated rings. The van der Waals surface area contributed by atoms with E-state index in [-0.39, 0.29) is 29.9 Å². The van der Waals surface area contributed by atoms with E-state index in [0.29, 0.717) is 25.7 Å². The Morgan fingerprint density at radius 2 is 1.09 bits per heavy atom. The lowest BCUT2D eigenvalue weighted by Crippen LogP contribution is -2.58. The largest absolute Gasteiger partial charge is 0.345 e. The monoisotopic (exact) mass is 632 g/mol. The van der Waals surface area contributed by atoms with Crippen LogP contribution in [-0.2, 0) is 36.8 Å². The second-order valence-corrected chi connectivity index (χ2v) is 13.8. The fraction of sp³-hybridized carbons (Fsp3) is 0.541. The Hall–Kier alpha value is -4.01. The normalized spacial score (nSPS) is 16.1. The molecule has 0 saturated heterocycles. The Labute approximate surface area is 274 Å². The predicted octanol–water partition coefficient (Wildman–Crippen LogP) is 4.28. The molecule has 0 bridgehead atoms. The Balaban J connectivity index is 1.80. The zero-order valence-corrected chi connectivity index (χ0v) is 28.2. The number of carbonyl (C=O) groups excluding carboxylic acids is 5. The summed E-state index contributed by atoms with van der Waals surface area (Å²) in [7, 11) is 0. The highest BCUT2D eigenvalue weighted by molar-refractivity contribution is 5.97. The molecule has 4 amide bonds. The Morgan fingerprint density at radius 3 is 1.61 bits per heavy atom. The van der Waals surface area contributed by atoms with Crippen LogP contribution in [0.15, 0.2) is 60.7 Å². The maximum absolute atomic E-state index is 13.9. The van der Waals surface area contributed by atoms with Gasteiger partial charge in [0.05, 0.1) is 6.04 Å². The van der Waals surface area contributed by atoms with E-state index in [0.717, 1.165) is 24.0 Å². The van der Waals surface area contributed by atoms with Gasteiger partial charge in [0.2, 0.25) is 23.6 Å². The van der Waals surface area contributed by atoms with Crippen LogP contribution in [0.3, 0.4) is 0 Å². The first-order valence-electron chi connectivity index (χ1n) is 16.6. The second kappa shape index (κ2) is 17.1. The molecule has 3 rings (SSSR count). The van der Waals surface area contributed by atoms with Crippen LogP contribution in [0.5, 0.6) is 0 Å². The molecule has 9 nitrogen and oxygen atoms in total. The standard InChI is InChI=1S/C37H52N4O5/c1-24(2)21-30(33(43)37(6)19-20-37)39-36(46)32(23-28-15-11-8-12-16-28)41-35(45)31(22-25(3)4)40-34(44)29(38-26(5)42)18-17-27-13-9-7-10-14-27/h7-16,24-25,29-32H,17-23H2,1-6H3,(H,38,42)(H,39,46)(H,40,44)(H,41,45)/t29-,30-,31-,32-/m0/s1. The summed E-state index contributed by atoms with van der Waals surface area (Å²) >= 11 is 0. The van der Waals surface area contributed by atoms with Gasteiger partial charge in [-0.15, -0.1) is 0 Å². The van der Waals surface area contributed by atoms with Gasteiger partial charge in [0.25, 0.3) is 0 Å². The zero-order valence-electron chi connectivity index (χ0n) is 28.2. The minimum atomic E-state index is -0.972. The third-order valence-corrected chi connectivity index (χ3v) is 8.45. The van der Waals surface area contributed by atoms with Crippen molar-refractivity contribution in [2.24, 2.45) is 17.3 Å². The predicted molar refractivity (Wildman–Crippen MR) is 180 cm³/mol. The first-order valence-corrected chi connectivity index (χ1v) is 16.6. The molecule has 1 aliphatic rings. The van der Waals surface area contributed by atoms with Crippen molar-refractivity contribution in [2.45, 2.75) is 111 Å². The van der Waals surface area contributed by atoms with Gasteiger partial charge in [-0.05, 0) is 61.5 Å². The molecule has 250 valence electrons. The highest BCUT2D eigenvalue weighted by atomic mass is 16.2. The topological polar surface area (TPSA) is 133 Å². The van der Waals surface area contributed by atoms with E-state index in [1.165, 1.54) is 6.92 Å². The van der Waals surface area contributed by atoms with Crippen LogP contribution in [0.1, 0.15) is 84.8 Å². The van der Waals surface area contributed by atoms with E-state index in [9.17, 15) is 24.0 Å². The summed E-state index contributed by atoms with van der Waals surface area (Å²) in [6, 6.07) is 15.6. The molecular weight excluding hydrogens is 580 g/mol. The molecule has 2 aromatic carbocycles. The molecule has 9 heteroatoms. The molecule has 1 aliphatic carbocycles. The van der Waals surface area contributed by atoms with Crippen molar-refractivity contribution in [3.63, 3.8) is 0 Å². The van der Waals surface area contributed by atoms with Gasteiger partial charge in [0, 0.05) is 18.8 Å². The Bertz CT molecular complexity index is 1320. The highest BCUT2D eigenvalue weighted by Gasteiger charge is 2.48. The van der Waals surface area contributed by atoms with E-state index in [4.69, 9.17) is 0 Å². The van der Waals surface area contributed by atoms with Gasteiger partial charge < -0.3 is 21.3 Å². The summed E-state index contributed by atoms with van der Waals surface area (Å²) in [5.74, 6) is -1.47. The number of nitrogens with one attached hydrogen (secondary N) is 4. The van der Waals surface area contributed by atoms with Crippen molar-refractivity contribution in [3.8, 4) is 0 Å². The number of Topliss-reactive ketones (excluding diaryl/α,β-unsaturated/α-hetero) is 1. The van der Waals surface area contributed by atoms with Gasteiger partial charge in [-0.3, -0.25) is 24.0 Å². The molecule has 0 aliphatic heterocycles. The van der Waals surface area contributed by atoms with Crippen molar-refractivity contribution in [2.75, 3.05) is 0 Å². The van der Waals surface area contributed by atoms with Gasteiger partial charge in [-0.1, -0.05) is 95.3 Å². The van der Waals surface area contributed by atoms with E-state index in [1.807, 2.05) is 95.3 Å². The first-order chi connectivity index (χ1) is 21.8. The number of benzene rings is 2. The third kappa shape index (κ3) is 11.7. The smallest absolute Gasteiger partial charge is 0.243 e. The number of hydrogen-bond acceptors (Lipinski definition) is 5. The van der Waals surface area contributed by atoms with Gasteiger partial charge >= 0.3 is 0 Å². The lowest BCUT2D eigenvalue weighted by Gasteiger charge is -2.28. The second-order valence-electron chi connectivity index (χ2n) is 13.8. The molecule has 0 unspecified atom stereocenters. The number of ketones is 1. The number of hydrogen-bond donors (Lipinski definition) is 4. The minimum Gasteiger partial charge on any atom is -0.345 e. The van der Waals surface area contributed by atoms with Crippen molar-refractivity contribution < 1.29 is 24.0 Å². The molecular formula is C37H52N4O5. The molecule has 4 atom stereocenters. The number of amides is 4. The van der Waals surface area contributed by atoms with Crippen molar-refractivity contribution in [1.82, 2.24) is 21.3 Å². The molecule has 4 N–H and O–H groups in total. The van der Waals surface area contributed by atoms with Crippen LogP contribution in [0, 0.1) is 17.3 Å². The van der Waals surface area contributed by atoms with Crippen LogP contribution in [0.4, 0.5) is 0 Å². The zero-order chi connectivity index (χ0) is 33.9. The van der Waals surface area contributed by atoms with Crippen molar-refractivity contribution in [1.29, 1.82) is 0 Å². The van der Waals surface area contributed by atoms with Crippen LogP contribution in [0.2, 0.25) is 0 Å². The fourth-order valence-corrected chi connectivity index (χ4v) is 5.61. The number of carbonyl (C=O) groups is 5. The third-order valence-electron chi connectivity index (χ3n) is 8.45. The molecule has 46 heavy (non-hydrogen) atoms. The molecule has 0 spiro atoms. The summed E-state index contributed by atoms with van der Waals surface area (Å²) in [6.07, 6.45) is 3.58. The first kappa shape index (κ1) is 36.5. The summed E-state index contributed by atoms with van der Waals surface area (Å²) in [5, 5.41) is 11.5. The minimum absolute atomic E-state index is 0.0313. The molecule has 0 radical (unpaired) electrons. The fourth-order valence-electron chi connectivity index (χ4n) is 5.61. The van der Waals surface area contributed by atoms with Gasteiger partial charge in [0.15, 0.2) is 5.78 Å². The van der Waals surface area contributed by atoms with E-state index in [1.54, 1.807) is 0 Å². The Kier molecular flexibility index (Phi) is 13.5. The SMILES string of the molecule is CC(=O)N[C@@H](CCc1ccccc1)C(=O)N[C@@H](CC(C)C)C(=O)N[C@@H](Cc1ccccc1)C(=O)N[C@@H](CC(C)C)C(=O)C1(C)CC1. The van der Waals surface area contributed by atoms with E-state index in [2.05, 4.69) is 21.3 Å². The maximum Gasteiger partial charge on any atom is 0.243 e. The van der Waals surface area contributed by atoms with E-state index < -0.39 is 47.3 Å². The number of rotatable bonds is 18. The van der Waals surface area contributed by atoms with Crippen LogP contribution in [0.25, 0.3) is 0 Å². The molecule has 1 saturated carbocycles. The van der Waals surface area contributed by atoms with Gasteiger partial charge in [-0.2, -0.15) is 0 Å². The lowest BCUT2D eigenvalue weighted by molar-refractivity contribution is -0.135. The molecule has 2 aromatic rings. The van der Waals surface area contributed by atoms with E-state index >= 15 is 0 Å². The van der Waals surface area contributed by atoms with Crippen LogP contribution >= 0.6 is 0 Å². The molecule has 0 heterocycles. The van der Waals surface area contributed by atoms with Crippen molar-refractivity contribution in [3.05, 3.63) is 71.8 Å². The summed E-state index contributed by atoms with van der Waals surface area (Å²) in [6.45, 7) is 11.2. The quantitative estimate of drug-likeness (QED) is 0.195. The lowest BCUT2D eigenvalue weighted by atomic mass is 9.91. The molecule has 0 aromatic heterocycles. The number of aryl methyl sites for hydroxylation is 1.